The number of rotatable bonds is 4. The van der Waals surface area contributed by atoms with Crippen molar-refractivity contribution in [3.63, 3.8) is 0 Å². The van der Waals surface area contributed by atoms with Gasteiger partial charge in [0.15, 0.2) is 0 Å². The first-order valence-corrected chi connectivity index (χ1v) is 8.94. The van der Waals surface area contributed by atoms with E-state index in [-0.39, 0.29) is 5.56 Å². The molecule has 0 N–H and O–H groups in total. The van der Waals surface area contributed by atoms with E-state index in [2.05, 4.69) is 11.1 Å². The molecule has 29 heavy (non-hydrogen) atoms. The number of carbonyl (C=O) groups is 1. The highest BCUT2D eigenvalue weighted by Gasteiger charge is 2.14. The van der Waals surface area contributed by atoms with Crippen LogP contribution < -0.4 is 5.56 Å². The fourth-order valence-corrected chi connectivity index (χ4v) is 3.17. The number of nitriles is 1. The zero-order valence-corrected chi connectivity index (χ0v) is 15.3. The molecule has 4 rings (SSSR count). The van der Waals surface area contributed by atoms with Crippen LogP contribution in [-0.4, -0.2) is 15.8 Å². The monoisotopic (exact) mass is 377 g/mol. The summed E-state index contributed by atoms with van der Waals surface area (Å²) in [5.74, 6) is 0. The van der Waals surface area contributed by atoms with Crippen molar-refractivity contribution in [3.05, 3.63) is 107 Å². The summed E-state index contributed by atoms with van der Waals surface area (Å²) in [5.41, 5.74) is 3.73. The van der Waals surface area contributed by atoms with E-state index in [1.54, 1.807) is 67.0 Å². The van der Waals surface area contributed by atoms with Crippen LogP contribution in [0.25, 0.3) is 28.1 Å². The van der Waals surface area contributed by atoms with Crippen molar-refractivity contribution < 1.29 is 4.79 Å². The summed E-state index contributed by atoms with van der Waals surface area (Å²) in [5, 5.41) is 9.50. The van der Waals surface area contributed by atoms with Crippen molar-refractivity contribution in [2.24, 2.45) is 0 Å². The Bertz CT molecular complexity index is 1280. The van der Waals surface area contributed by atoms with E-state index in [0.717, 1.165) is 11.8 Å². The molecule has 0 saturated carbocycles. The lowest BCUT2D eigenvalue weighted by Gasteiger charge is -2.13. The minimum absolute atomic E-state index is 0.258. The second-order valence-corrected chi connectivity index (χ2v) is 6.40. The first-order valence-electron chi connectivity index (χ1n) is 8.94. The molecular weight excluding hydrogens is 362 g/mol. The molecule has 2 heterocycles. The fourth-order valence-electron chi connectivity index (χ4n) is 3.17. The van der Waals surface area contributed by atoms with Crippen molar-refractivity contribution in [2.45, 2.75) is 0 Å². The number of carbonyl (C=O) groups excluding carboxylic acids is 1. The standard InChI is InChI=1S/C24H15N3O2/c25-14-18-5-1-2-6-21(18)22-13-19(23-7-3-4-12-26-23)15-27(24(22)29)20-10-8-17(16-28)9-11-20/h1-13,15-16H. The van der Waals surface area contributed by atoms with Gasteiger partial charge in [-0.2, -0.15) is 5.26 Å². The fraction of sp³-hybridized carbons (Fsp3) is 0. The van der Waals surface area contributed by atoms with E-state index in [4.69, 9.17) is 0 Å². The van der Waals surface area contributed by atoms with Crippen molar-refractivity contribution in [1.29, 1.82) is 5.26 Å². The molecule has 138 valence electrons. The van der Waals surface area contributed by atoms with E-state index < -0.39 is 0 Å². The van der Waals surface area contributed by atoms with Crippen molar-refractivity contribution in [2.75, 3.05) is 0 Å². The lowest BCUT2D eigenvalue weighted by molar-refractivity contribution is 0.112. The SMILES string of the molecule is N#Cc1ccccc1-c1cc(-c2ccccn2)cn(-c2ccc(C=O)cc2)c1=O. The van der Waals surface area contributed by atoms with Gasteiger partial charge in [0.2, 0.25) is 0 Å². The van der Waals surface area contributed by atoms with E-state index in [1.165, 1.54) is 4.57 Å². The Balaban J connectivity index is 2.01. The highest BCUT2D eigenvalue weighted by atomic mass is 16.1. The number of benzene rings is 2. The Kier molecular flexibility index (Phi) is 4.83. The van der Waals surface area contributed by atoms with Crippen LogP contribution in [-0.2, 0) is 0 Å². The number of hydrogen-bond donors (Lipinski definition) is 0. The lowest BCUT2D eigenvalue weighted by atomic mass is 9.99. The highest BCUT2D eigenvalue weighted by Crippen LogP contribution is 2.26. The van der Waals surface area contributed by atoms with Gasteiger partial charge in [0.25, 0.3) is 5.56 Å². The topological polar surface area (TPSA) is 75.8 Å². The van der Waals surface area contributed by atoms with Gasteiger partial charge in [-0.15, -0.1) is 0 Å². The van der Waals surface area contributed by atoms with Gasteiger partial charge in [-0.3, -0.25) is 19.1 Å². The minimum Gasteiger partial charge on any atom is -0.298 e. The number of aldehydes is 1. The zero-order chi connectivity index (χ0) is 20.2. The van der Waals surface area contributed by atoms with Crippen molar-refractivity contribution in [3.8, 4) is 34.1 Å². The number of hydrogen-bond acceptors (Lipinski definition) is 4. The molecule has 0 amide bonds. The van der Waals surface area contributed by atoms with Crippen LogP contribution in [0.5, 0.6) is 0 Å². The number of pyridine rings is 2. The van der Waals surface area contributed by atoms with Gasteiger partial charge >= 0.3 is 0 Å². The Morgan fingerprint density at radius 1 is 0.931 bits per heavy atom. The summed E-state index contributed by atoms with van der Waals surface area (Å²) in [4.78, 5) is 28.7. The summed E-state index contributed by atoms with van der Waals surface area (Å²) in [7, 11) is 0. The Hall–Kier alpha value is -4.30. The number of nitrogens with zero attached hydrogens (tertiary/aromatic N) is 3. The van der Waals surface area contributed by atoms with Gasteiger partial charge in [0.05, 0.1) is 17.3 Å². The van der Waals surface area contributed by atoms with Crippen LogP contribution in [0.4, 0.5) is 0 Å². The second-order valence-electron chi connectivity index (χ2n) is 6.40. The molecule has 0 bridgehead atoms. The third kappa shape index (κ3) is 3.47. The third-order valence-electron chi connectivity index (χ3n) is 4.62. The molecular formula is C24H15N3O2. The summed E-state index contributed by atoms with van der Waals surface area (Å²) < 4.78 is 1.52. The smallest absolute Gasteiger partial charge is 0.263 e. The molecule has 5 heteroatoms. The van der Waals surface area contributed by atoms with Gasteiger partial charge in [0.1, 0.15) is 6.29 Å². The molecule has 5 nitrogen and oxygen atoms in total. The van der Waals surface area contributed by atoms with Crippen molar-refractivity contribution >= 4 is 6.29 Å². The summed E-state index contributed by atoms with van der Waals surface area (Å²) in [6, 6.07) is 23.2. The average Bonchev–Trinajstić information content (AvgIpc) is 2.80. The number of aromatic nitrogens is 2. The molecule has 0 fully saturated rings. The minimum atomic E-state index is -0.258. The normalized spacial score (nSPS) is 10.3. The van der Waals surface area contributed by atoms with Crippen LogP contribution in [0.2, 0.25) is 0 Å². The first kappa shape index (κ1) is 18.1. The lowest BCUT2D eigenvalue weighted by Crippen LogP contribution is -2.20. The molecule has 0 aliphatic carbocycles. The Labute approximate surface area is 167 Å². The molecule has 0 atom stereocenters. The molecule has 0 aliphatic heterocycles. The van der Waals surface area contributed by atoms with E-state index in [9.17, 15) is 14.9 Å². The van der Waals surface area contributed by atoms with Crippen LogP contribution in [0.15, 0.2) is 90.0 Å². The maximum Gasteiger partial charge on any atom is 0.263 e. The summed E-state index contributed by atoms with van der Waals surface area (Å²) >= 11 is 0. The second kappa shape index (κ2) is 7.75. The molecule has 0 unspecified atom stereocenters. The summed E-state index contributed by atoms with van der Waals surface area (Å²) in [6.45, 7) is 0. The molecule has 0 spiro atoms. The van der Waals surface area contributed by atoms with E-state index >= 15 is 0 Å². The van der Waals surface area contributed by atoms with Gasteiger partial charge in [-0.25, -0.2) is 0 Å². The summed E-state index contributed by atoms with van der Waals surface area (Å²) in [6.07, 6.45) is 4.16. The van der Waals surface area contributed by atoms with Crippen molar-refractivity contribution in [1.82, 2.24) is 9.55 Å². The molecule has 2 aromatic carbocycles. The molecule has 4 aromatic rings. The third-order valence-corrected chi connectivity index (χ3v) is 4.62. The van der Waals surface area contributed by atoms with Crippen LogP contribution in [0, 0.1) is 11.3 Å². The molecule has 0 saturated heterocycles. The van der Waals surface area contributed by atoms with Gasteiger partial charge in [-0.1, -0.05) is 24.3 Å². The largest absolute Gasteiger partial charge is 0.298 e. The predicted octanol–water partition coefficient (Wildman–Crippen LogP) is 4.25. The maximum absolute atomic E-state index is 13.3. The predicted molar refractivity (Wildman–Crippen MR) is 111 cm³/mol. The first-order chi connectivity index (χ1) is 14.2. The van der Waals surface area contributed by atoms with Gasteiger partial charge in [-0.05, 0) is 48.5 Å². The Morgan fingerprint density at radius 3 is 2.38 bits per heavy atom. The molecule has 0 radical (unpaired) electrons. The van der Waals surface area contributed by atoms with E-state index in [0.29, 0.717) is 33.6 Å². The maximum atomic E-state index is 13.3. The average molecular weight is 377 g/mol. The van der Waals surface area contributed by atoms with Gasteiger partial charge in [0, 0.05) is 40.3 Å². The van der Waals surface area contributed by atoms with Crippen LogP contribution in [0.3, 0.4) is 0 Å². The zero-order valence-electron chi connectivity index (χ0n) is 15.3. The molecule has 2 aromatic heterocycles. The van der Waals surface area contributed by atoms with Gasteiger partial charge < -0.3 is 0 Å². The Morgan fingerprint density at radius 2 is 1.69 bits per heavy atom. The van der Waals surface area contributed by atoms with Crippen LogP contribution >= 0.6 is 0 Å². The quantitative estimate of drug-likeness (QED) is 0.498. The highest BCUT2D eigenvalue weighted by molar-refractivity contribution is 5.76. The van der Waals surface area contributed by atoms with Crippen LogP contribution in [0.1, 0.15) is 15.9 Å². The molecule has 0 aliphatic rings. The van der Waals surface area contributed by atoms with E-state index in [1.807, 2.05) is 18.2 Å².